The summed E-state index contributed by atoms with van der Waals surface area (Å²) in [6.45, 7) is 5.42. The van der Waals surface area contributed by atoms with Gasteiger partial charge in [0.05, 0.1) is 25.5 Å². The molecular formula is C29H34N8O2. The van der Waals surface area contributed by atoms with Crippen molar-refractivity contribution in [1.29, 1.82) is 0 Å². The number of hydrogen-bond donors (Lipinski definition) is 1. The monoisotopic (exact) mass is 526 g/mol. The molecule has 2 bridgehead atoms. The van der Waals surface area contributed by atoms with Crippen LogP contribution in [0.1, 0.15) is 55.0 Å². The molecule has 0 unspecified atom stereocenters. The number of nitrogens with one attached hydrogen (secondary N) is 1. The molecule has 5 aliphatic heterocycles. The van der Waals surface area contributed by atoms with E-state index in [1.807, 2.05) is 17.2 Å². The van der Waals surface area contributed by atoms with E-state index < -0.39 is 0 Å². The molecule has 5 aliphatic rings. The number of carbonyl (C=O) groups is 1. The Morgan fingerprint density at radius 2 is 1.85 bits per heavy atom. The van der Waals surface area contributed by atoms with Crippen molar-refractivity contribution in [3.05, 3.63) is 41.3 Å². The largest absolute Gasteiger partial charge is 0.380 e. The topological polar surface area (TPSA) is 99.6 Å². The van der Waals surface area contributed by atoms with Crippen LogP contribution in [0.2, 0.25) is 0 Å². The Kier molecular flexibility index (Phi) is 5.65. The third-order valence-corrected chi connectivity index (χ3v) is 9.27. The molecule has 1 amide bonds. The van der Waals surface area contributed by atoms with Crippen molar-refractivity contribution in [2.45, 2.75) is 63.1 Å². The van der Waals surface area contributed by atoms with E-state index in [1.54, 1.807) is 0 Å². The van der Waals surface area contributed by atoms with Gasteiger partial charge in [0.1, 0.15) is 11.3 Å². The van der Waals surface area contributed by atoms with Gasteiger partial charge in [-0.1, -0.05) is 6.07 Å². The molecule has 0 radical (unpaired) electrons. The molecule has 0 aromatic carbocycles. The third-order valence-electron chi connectivity index (χ3n) is 9.27. The summed E-state index contributed by atoms with van der Waals surface area (Å²) in [6.07, 6.45) is 8.82. The molecule has 10 nitrogen and oxygen atoms in total. The minimum atomic E-state index is 0.218. The maximum Gasteiger partial charge on any atom is 0.237 e. The molecule has 0 saturated carbocycles. The normalized spacial score (nSPS) is 24.5. The summed E-state index contributed by atoms with van der Waals surface area (Å²) in [7, 11) is 0. The van der Waals surface area contributed by atoms with Crippen LogP contribution in [0.4, 0.5) is 17.6 Å². The van der Waals surface area contributed by atoms with Gasteiger partial charge in [-0.15, -0.1) is 0 Å². The predicted molar refractivity (Wildman–Crippen MR) is 147 cm³/mol. The zero-order chi connectivity index (χ0) is 25.9. The quantitative estimate of drug-likeness (QED) is 0.520. The molecular weight excluding hydrogens is 492 g/mol. The van der Waals surface area contributed by atoms with Gasteiger partial charge in [-0.05, 0) is 62.9 Å². The summed E-state index contributed by atoms with van der Waals surface area (Å²) in [5, 5.41) is 4.38. The number of nitrogens with zero attached hydrogens (tertiary/aromatic N) is 7. The maximum atomic E-state index is 12.7. The van der Waals surface area contributed by atoms with Crippen LogP contribution >= 0.6 is 0 Å². The van der Waals surface area contributed by atoms with Gasteiger partial charge >= 0.3 is 0 Å². The molecule has 3 aromatic heterocycles. The van der Waals surface area contributed by atoms with Crippen molar-refractivity contribution in [3.63, 3.8) is 0 Å². The van der Waals surface area contributed by atoms with Crippen LogP contribution in [-0.4, -0.2) is 87.1 Å². The summed E-state index contributed by atoms with van der Waals surface area (Å²) < 4.78 is 5.46. The van der Waals surface area contributed by atoms with Crippen molar-refractivity contribution in [3.8, 4) is 0 Å². The second-order valence-electron chi connectivity index (χ2n) is 11.7. The smallest absolute Gasteiger partial charge is 0.237 e. The Labute approximate surface area is 227 Å². The Morgan fingerprint density at radius 3 is 2.56 bits per heavy atom. The van der Waals surface area contributed by atoms with E-state index in [9.17, 15) is 4.79 Å². The number of fused-ring (bicyclic) bond motifs is 4. The van der Waals surface area contributed by atoms with E-state index in [0.717, 1.165) is 72.2 Å². The molecule has 10 heteroatoms. The lowest BCUT2D eigenvalue weighted by Crippen LogP contribution is -2.47. The third kappa shape index (κ3) is 4.21. The Bertz CT molecular complexity index is 1420. The Hall–Kier alpha value is -3.37. The van der Waals surface area contributed by atoms with Gasteiger partial charge in [-0.2, -0.15) is 0 Å². The summed E-state index contributed by atoms with van der Waals surface area (Å²) in [6, 6.07) is 7.31. The number of anilines is 3. The van der Waals surface area contributed by atoms with Crippen LogP contribution in [0.3, 0.4) is 0 Å². The van der Waals surface area contributed by atoms with Crippen LogP contribution in [0.15, 0.2) is 24.4 Å². The van der Waals surface area contributed by atoms with Crippen molar-refractivity contribution >= 4 is 34.4 Å². The van der Waals surface area contributed by atoms with Gasteiger partial charge in [0.15, 0.2) is 5.82 Å². The van der Waals surface area contributed by atoms with Crippen LogP contribution in [0.25, 0.3) is 10.9 Å². The first kappa shape index (κ1) is 23.5. The number of likely N-dealkylation sites (tertiary alicyclic amines) is 1. The molecule has 0 atom stereocenters. The lowest BCUT2D eigenvalue weighted by molar-refractivity contribution is -0.134. The maximum absolute atomic E-state index is 12.7. The van der Waals surface area contributed by atoms with Crippen LogP contribution in [-0.2, 0) is 22.5 Å². The molecule has 4 saturated heterocycles. The first-order chi connectivity index (χ1) is 19.2. The second-order valence-corrected chi connectivity index (χ2v) is 11.7. The van der Waals surface area contributed by atoms with Crippen LogP contribution < -0.4 is 10.2 Å². The van der Waals surface area contributed by atoms with E-state index in [1.165, 1.54) is 32.1 Å². The minimum absolute atomic E-state index is 0.218. The lowest BCUT2D eigenvalue weighted by Gasteiger charge is -2.34. The van der Waals surface area contributed by atoms with E-state index in [4.69, 9.17) is 19.7 Å². The summed E-state index contributed by atoms with van der Waals surface area (Å²) in [4.78, 5) is 39.1. The van der Waals surface area contributed by atoms with E-state index in [-0.39, 0.29) is 5.91 Å². The molecule has 202 valence electrons. The van der Waals surface area contributed by atoms with E-state index in [0.29, 0.717) is 43.6 Å². The molecule has 39 heavy (non-hydrogen) atoms. The number of aromatic nitrogens is 4. The summed E-state index contributed by atoms with van der Waals surface area (Å²) >= 11 is 0. The molecule has 3 aromatic rings. The molecule has 4 fully saturated rings. The van der Waals surface area contributed by atoms with Crippen molar-refractivity contribution in [1.82, 2.24) is 29.7 Å². The summed E-state index contributed by atoms with van der Waals surface area (Å²) in [5.74, 6) is 2.84. The lowest BCUT2D eigenvalue weighted by atomic mass is 10.0. The highest BCUT2D eigenvalue weighted by molar-refractivity contribution is 5.90. The van der Waals surface area contributed by atoms with Gasteiger partial charge in [-0.3, -0.25) is 9.69 Å². The number of carbonyl (C=O) groups excluding carboxylic acids is 1. The van der Waals surface area contributed by atoms with Gasteiger partial charge < -0.3 is 19.9 Å². The van der Waals surface area contributed by atoms with Gasteiger partial charge in [0, 0.05) is 54.8 Å². The van der Waals surface area contributed by atoms with Gasteiger partial charge in [0.2, 0.25) is 11.9 Å². The first-order valence-electron chi connectivity index (χ1n) is 14.5. The van der Waals surface area contributed by atoms with Crippen molar-refractivity contribution in [2.75, 3.05) is 49.6 Å². The standard InChI is InChI=1S/C29H34N8O2/c38-26(15-35-9-1-10-35)36-11-8-23-18(14-36)2-7-25(31-23)33-29-30-13-19-12-24(20-16-39-17-20)32-28(27(19)34-29)37-21-3-4-22(37)6-5-21/h2,7,12-13,20-22H,1,3-6,8-11,14-17H2,(H,30,31,33,34). The average molecular weight is 527 g/mol. The van der Waals surface area contributed by atoms with Crippen molar-refractivity contribution < 1.29 is 9.53 Å². The number of pyridine rings is 2. The number of hydrogen-bond acceptors (Lipinski definition) is 9. The number of ether oxygens (including phenoxy) is 1. The molecule has 0 spiro atoms. The zero-order valence-electron chi connectivity index (χ0n) is 22.2. The van der Waals surface area contributed by atoms with Gasteiger partial charge in [-0.25, -0.2) is 19.9 Å². The average Bonchev–Trinajstić information content (AvgIpc) is 3.49. The Balaban J connectivity index is 1.05. The highest BCUT2D eigenvalue weighted by atomic mass is 16.5. The number of amides is 1. The minimum Gasteiger partial charge on any atom is -0.380 e. The fourth-order valence-electron chi connectivity index (χ4n) is 6.80. The van der Waals surface area contributed by atoms with Gasteiger partial charge in [0.25, 0.3) is 0 Å². The van der Waals surface area contributed by atoms with E-state index in [2.05, 4.69) is 32.2 Å². The number of rotatable bonds is 6. The fraction of sp³-hybridized carbons (Fsp3) is 0.552. The predicted octanol–water partition coefficient (Wildman–Crippen LogP) is 3.00. The zero-order valence-corrected chi connectivity index (χ0v) is 22.2. The fourth-order valence-corrected chi connectivity index (χ4v) is 6.80. The Morgan fingerprint density at radius 1 is 1.03 bits per heavy atom. The molecule has 0 aliphatic carbocycles. The summed E-state index contributed by atoms with van der Waals surface area (Å²) in [5.41, 5.74) is 4.15. The molecule has 8 heterocycles. The van der Waals surface area contributed by atoms with Crippen LogP contribution in [0.5, 0.6) is 0 Å². The first-order valence-corrected chi connectivity index (χ1v) is 14.5. The molecule has 8 rings (SSSR count). The highest BCUT2D eigenvalue weighted by Gasteiger charge is 2.41. The van der Waals surface area contributed by atoms with Crippen LogP contribution in [0, 0.1) is 0 Å². The van der Waals surface area contributed by atoms with Crippen molar-refractivity contribution in [2.24, 2.45) is 0 Å². The van der Waals surface area contributed by atoms with E-state index >= 15 is 0 Å². The molecule has 1 N–H and O–H groups in total. The SMILES string of the molecule is O=C(CN1CCC1)N1CCc2nc(Nc3ncc4cc(C5COC5)nc(N5C6CCC5CC6)c4n3)ccc2C1. The highest BCUT2D eigenvalue weighted by Crippen LogP contribution is 2.43. The second kappa shape index (κ2) is 9.38.